The molecule has 0 aromatic rings. The molecule has 1 N–H and O–H groups in total. The predicted molar refractivity (Wildman–Crippen MR) is 58.5 cm³/mol. The minimum atomic E-state index is -2.91. The van der Waals surface area contributed by atoms with Crippen LogP contribution in [0.2, 0.25) is 0 Å². The lowest BCUT2D eigenvalue weighted by Gasteiger charge is -2.08. The van der Waals surface area contributed by atoms with Crippen LogP contribution < -0.4 is 0 Å². The summed E-state index contributed by atoms with van der Waals surface area (Å²) in [7, 11) is -2.91. The summed E-state index contributed by atoms with van der Waals surface area (Å²) in [5.74, 6) is -0.106. The minimum absolute atomic E-state index is 0.135. The number of carboxylic acids is 1. The van der Waals surface area contributed by atoms with Crippen molar-refractivity contribution >= 4 is 27.6 Å². The van der Waals surface area contributed by atoms with Crippen molar-refractivity contribution in [3.63, 3.8) is 0 Å². The van der Waals surface area contributed by atoms with Gasteiger partial charge >= 0.3 is 5.97 Å². The van der Waals surface area contributed by atoms with Crippen LogP contribution in [0.15, 0.2) is 0 Å². The van der Waals surface area contributed by atoms with Gasteiger partial charge in [0, 0.05) is 6.26 Å². The Bertz CT molecular complexity index is 271. The van der Waals surface area contributed by atoms with Crippen LogP contribution >= 0.6 is 11.8 Å². The van der Waals surface area contributed by atoms with Crippen molar-refractivity contribution in [1.29, 1.82) is 0 Å². The molecule has 0 bridgehead atoms. The molecule has 0 amide bonds. The first-order valence-corrected chi connectivity index (χ1v) is 7.50. The highest BCUT2D eigenvalue weighted by Gasteiger charge is 2.14. The van der Waals surface area contributed by atoms with Crippen LogP contribution in [0.5, 0.6) is 0 Å². The van der Waals surface area contributed by atoms with E-state index in [9.17, 15) is 13.2 Å². The zero-order valence-electron chi connectivity index (χ0n) is 8.39. The molecule has 0 radical (unpaired) electrons. The summed E-state index contributed by atoms with van der Waals surface area (Å²) >= 11 is 1.31. The lowest BCUT2D eigenvalue weighted by Crippen LogP contribution is -2.16. The molecule has 0 aliphatic rings. The van der Waals surface area contributed by atoms with E-state index in [1.807, 2.05) is 6.92 Å². The molecule has 1 atom stereocenters. The van der Waals surface area contributed by atoms with E-state index in [0.29, 0.717) is 18.6 Å². The average molecular weight is 240 g/mol. The highest BCUT2D eigenvalue weighted by molar-refractivity contribution is 8.00. The van der Waals surface area contributed by atoms with E-state index in [-0.39, 0.29) is 5.75 Å². The molecule has 0 aromatic carbocycles. The van der Waals surface area contributed by atoms with Crippen LogP contribution in [-0.2, 0) is 14.6 Å². The molecule has 0 aromatic heterocycles. The first kappa shape index (κ1) is 13.8. The van der Waals surface area contributed by atoms with E-state index in [1.54, 1.807) is 0 Å². The van der Waals surface area contributed by atoms with Gasteiger partial charge in [0.25, 0.3) is 0 Å². The Morgan fingerprint density at radius 2 is 2.07 bits per heavy atom. The van der Waals surface area contributed by atoms with Crippen molar-refractivity contribution in [2.45, 2.75) is 25.0 Å². The predicted octanol–water partition coefficient (Wildman–Crippen LogP) is 1.02. The third kappa shape index (κ3) is 7.20. The summed E-state index contributed by atoms with van der Waals surface area (Å²) in [4.78, 5) is 10.6. The molecule has 0 heterocycles. The lowest BCUT2D eigenvalue weighted by molar-refractivity contribution is -0.136. The summed E-state index contributed by atoms with van der Waals surface area (Å²) < 4.78 is 21.5. The molecule has 0 fully saturated rings. The van der Waals surface area contributed by atoms with E-state index in [2.05, 4.69) is 0 Å². The second-order valence-corrected chi connectivity index (χ2v) is 6.66. The minimum Gasteiger partial charge on any atom is -0.480 e. The van der Waals surface area contributed by atoms with E-state index in [4.69, 9.17) is 5.11 Å². The second-order valence-electron chi connectivity index (χ2n) is 3.09. The van der Waals surface area contributed by atoms with Gasteiger partial charge in [-0.2, -0.15) is 0 Å². The van der Waals surface area contributed by atoms with Crippen LogP contribution in [0.4, 0.5) is 0 Å². The summed E-state index contributed by atoms with van der Waals surface area (Å²) in [5.41, 5.74) is 0. The smallest absolute Gasteiger partial charge is 0.316 e. The standard InChI is InChI=1S/C8H16O4S2/c1-3-7(8(9)10)13-5-4-6-14(2,11)12/h7H,3-6H2,1-2H3,(H,9,10). The number of hydrogen-bond donors (Lipinski definition) is 1. The van der Waals surface area contributed by atoms with Gasteiger partial charge in [-0.05, 0) is 18.6 Å². The number of carbonyl (C=O) groups is 1. The van der Waals surface area contributed by atoms with E-state index < -0.39 is 21.1 Å². The highest BCUT2D eigenvalue weighted by atomic mass is 32.2. The van der Waals surface area contributed by atoms with Gasteiger partial charge in [-0.15, -0.1) is 11.8 Å². The fraction of sp³-hybridized carbons (Fsp3) is 0.875. The van der Waals surface area contributed by atoms with E-state index in [1.165, 1.54) is 18.0 Å². The normalized spacial score (nSPS) is 13.9. The van der Waals surface area contributed by atoms with Gasteiger partial charge in [0.1, 0.15) is 15.1 Å². The van der Waals surface area contributed by atoms with Crippen molar-refractivity contribution in [3.05, 3.63) is 0 Å². The highest BCUT2D eigenvalue weighted by Crippen LogP contribution is 2.15. The van der Waals surface area contributed by atoms with Gasteiger partial charge in [0.2, 0.25) is 0 Å². The molecular formula is C8H16O4S2. The van der Waals surface area contributed by atoms with Crippen LogP contribution in [0.25, 0.3) is 0 Å². The summed E-state index contributed by atoms with van der Waals surface area (Å²) in [6.45, 7) is 1.81. The summed E-state index contributed by atoms with van der Waals surface area (Å²) in [6.07, 6.45) is 2.28. The van der Waals surface area contributed by atoms with E-state index in [0.717, 1.165) is 0 Å². The van der Waals surface area contributed by atoms with Crippen molar-refractivity contribution in [1.82, 2.24) is 0 Å². The number of thioether (sulfide) groups is 1. The Hall–Kier alpha value is -0.230. The first-order chi connectivity index (χ1) is 6.37. The Labute approximate surface area is 89.0 Å². The van der Waals surface area contributed by atoms with Gasteiger partial charge < -0.3 is 5.11 Å². The number of sulfone groups is 1. The SMILES string of the molecule is CCC(SCCCS(C)(=O)=O)C(=O)O. The molecular weight excluding hydrogens is 224 g/mol. The van der Waals surface area contributed by atoms with E-state index >= 15 is 0 Å². The number of rotatable bonds is 7. The molecule has 0 rings (SSSR count). The third-order valence-corrected chi connectivity index (χ3v) is 4.12. The molecule has 0 saturated heterocycles. The van der Waals surface area contributed by atoms with Gasteiger partial charge in [-0.25, -0.2) is 8.42 Å². The molecule has 84 valence electrons. The molecule has 14 heavy (non-hydrogen) atoms. The van der Waals surface area contributed by atoms with Crippen LogP contribution in [0, 0.1) is 0 Å². The van der Waals surface area contributed by atoms with Crippen molar-refractivity contribution in [3.8, 4) is 0 Å². The fourth-order valence-corrected chi connectivity index (χ4v) is 2.74. The largest absolute Gasteiger partial charge is 0.480 e. The van der Waals surface area contributed by atoms with Gasteiger partial charge in [0.05, 0.1) is 5.75 Å². The van der Waals surface area contributed by atoms with Crippen LogP contribution in [0.3, 0.4) is 0 Å². The second kappa shape index (κ2) is 6.29. The number of aliphatic carboxylic acids is 1. The maximum atomic E-state index is 10.8. The van der Waals surface area contributed by atoms with Crippen LogP contribution in [0.1, 0.15) is 19.8 Å². The van der Waals surface area contributed by atoms with Crippen LogP contribution in [-0.4, -0.2) is 42.5 Å². The molecule has 0 saturated carbocycles. The first-order valence-electron chi connectivity index (χ1n) is 4.39. The number of carboxylic acid groups (broad SMARTS) is 1. The monoisotopic (exact) mass is 240 g/mol. The zero-order chi connectivity index (χ0) is 11.2. The molecule has 6 heteroatoms. The third-order valence-electron chi connectivity index (χ3n) is 1.62. The molecule has 0 aliphatic heterocycles. The van der Waals surface area contributed by atoms with Crippen molar-refractivity contribution in [2.75, 3.05) is 17.8 Å². The summed E-state index contributed by atoms with van der Waals surface area (Å²) in [6, 6.07) is 0. The van der Waals surface area contributed by atoms with Crippen molar-refractivity contribution in [2.24, 2.45) is 0 Å². The Morgan fingerprint density at radius 1 is 1.50 bits per heavy atom. The van der Waals surface area contributed by atoms with Gasteiger partial charge in [-0.1, -0.05) is 6.92 Å². The summed E-state index contributed by atoms with van der Waals surface area (Å²) in [5, 5.41) is 8.29. The van der Waals surface area contributed by atoms with Gasteiger partial charge in [-0.3, -0.25) is 4.79 Å². The average Bonchev–Trinajstić information content (AvgIpc) is 2.01. The molecule has 1 unspecified atom stereocenters. The van der Waals surface area contributed by atoms with Gasteiger partial charge in [0.15, 0.2) is 0 Å². The topological polar surface area (TPSA) is 71.4 Å². The molecule has 4 nitrogen and oxygen atoms in total. The zero-order valence-corrected chi connectivity index (χ0v) is 10.0. The quantitative estimate of drug-likeness (QED) is 0.673. The Balaban J connectivity index is 3.68. The Morgan fingerprint density at radius 3 is 2.43 bits per heavy atom. The fourth-order valence-electron chi connectivity index (χ4n) is 0.910. The maximum absolute atomic E-state index is 10.8. The molecule has 0 spiro atoms. The number of hydrogen-bond acceptors (Lipinski definition) is 4. The van der Waals surface area contributed by atoms with Crippen molar-refractivity contribution < 1.29 is 18.3 Å². The lowest BCUT2D eigenvalue weighted by atomic mass is 10.3. The molecule has 0 aliphatic carbocycles. The Kier molecular flexibility index (Phi) is 6.19. The maximum Gasteiger partial charge on any atom is 0.316 e.